The molecule has 0 spiro atoms. The Morgan fingerprint density at radius 1 is 0.500 bits per heavy atom. The molecule has 0 aliphatic heterocycles. The van der Waals surface area contributed by atoms with Crippen molar-refractivity contribution in [3.8, 4) is 0 Å². The topological polar surface area (TPSA) is 0 Å². The molecule has 0 fully saturated rings. The van der Waals surface area contributed by atoms with Gasteiger partial charge in [0.05, 0.1) is 0 Å². The monoisotopic (exact) mass is 494 g/mol. The van der Waals surface area contributed by atoms with Gasteiger partial charge in [0, 0.05) is 0 Å². The van der Waals surface area contributed by atoms with Crippen LogP contribution < -0.4 is 18.8 Å². The fourth-order valence-electron chi connectivity index (χ4n) is 0. The Hall–Kier alpha value is 1.56. The zero-order chi connectivity index (χ0) is 0. The van der Waals surface area contributed by atoms with Crippen molar-refractivity contribution in [3.63, 3.8) is 0 Å². The summed E-state index contributed by atoms with van der Waals surface area (Å²) in [4.78, 5) is 0. The van der Waals surface area contributed by atoms with Crippen LogP contribution in [-0.4, -0.2) is 54.6 Å². The summed E-state index contributed by atoms with van der Waals surface area (Å²) in [5.74, 6) is 0. The van der Waals surface area contributed by atoms with E-state index in [0.29, 0.717) is 0 Å². The molecule has 0 N–H and O–H groups in total. The number of rotatable bonds is 0. The Morgan fingerprint density at radius 2 is 0.500 bits per heavy atom. The Bertz CT molecular complexity index is 5.51. The van der Waals surface area contributed by atoms with Crippen molar-refractivity contribution in [2.45, 2.75) is 0 Å². The van der Waals surface area contributed by atoms with E-state index in [1.54, 1.807) is 0 Å². The van der Waals surface area contributed by atoms with Crippen LogP contribution in [0.3, 0.4) is 0 Å². The zero-order valence-electron chi connectivity index (χ0n) is 2.72. The van der Waals surface area contributed by atoms with Gasteiger partial charge in [0.2, 0.25) is 0 Å². The Kier molecular flexibility index (Phi) is 1840. The van der Waals surface area contributed by atoms with E-state index in [9.17, 15) is 0 Å². The third-order valence-corrected chi connectivity index (χ3v) is 0. The molecule has 0 aromatic rings. The first-order chi connectivity index (χ1) is 0. The third-order valence-electron chi connectivity index (χ3n) is 0. The molecule has 0 amide bonds. The van der Waals surface area contributed by atoms with E-state index < -0.39 is 0 Å². The van der Waals surface area contributed by atoms with Gasteiger partial charge in [-0.3, -0.25) is 0 Å². The van der Waals surface area contributed by atoms with Crippen LogP contribution in [-0.2, 0) is 0 Å². The maximum absolute atomic E-state index is 0. The molecule has 0 atom stereocenters. The summed E-state index contributed by atoms with van der Waals surface area (Å²) in [6.45, 7) is 0. The summed E-state index contributed by atoms with van der Waals surface area (Å²) < 4.78 is 0. The van der Waals surface area contributed by atoms with Crippen molar-refractivity contribution in [2.24, 2.45) is 0 Å². The molecule has 6 heteroatoms. The predicted molar refractivity (Wildman–Crippen MR) is 14.3 cm³/mol. The maximum atomic E-state index is 0. The second-order valence-electron chi connectivity index (χ2n) is 0. The molecule has 6 heavy (non-hydrogen) atoms. The summed E-state index contributed by atoms with van der Waals surface area (Å²) in [6, 6.07) is 0. The Balaban J connectivity index is 0. The van der Waals surface area contributed by atoms with Gasteiger partial charge in [-0.2, -0.15) is 0 Å². The van der Waals surface area contributed by atoms with Gasteiger partial charge in [-0.05, 0) is 0 Å². The van der Waals surface area contributed by atoms with Gasteiger partial charge in [0.15, 0.2) is 0 Å². The first-order valence-electron chi connectivity index (χ1n) is 0. The second kappa shape index (κ2) is 83.1. The van der Waals surface area contributed by atoms with Crippen molar-refractivity contribution in [2.75, 3.05) is 0 Å². The normalized spacial score (nSPS) is 0. The summed E-state index contributed by atoms with van der Waals surface area (Å²) >= 11 is 0. The van der Waals surface area contributed by atoms with Crippen LogP contribution in [0.15, 0.2) is 0 Å². The first kappa shape index (κ1) is 133. The Morgan fingerprint density at radius 3 is 0.500 bits per heavy atom. The summed E-state index contributed by atoms with van der Waals surface area (Å²) in [5.41, 5.74) is 0. The van der Waals surface area contributed by atoms with Crippen molar-refractivity contribution < 1.29 is 18.8 Å². The van der Waals surface area contributed by atoms with Crippen molar-refractivity contribution in [1.82, 2.24) is 0 Å². The molecule has 0 unspecified atom stereocenters. The van der Waals surface area contributed by atoms with Crippen LogP contribution in [0.25, 0.3) is 0 Å². The molecule has 0 saturated heterocycles. The summed E-state index contributed by atoms with van der Waals surface area (Å²) in [6.07, 6.45) is 0. The van der Waals surface area contributed by atoms with E-state index in [1.807, 2.05) is 0 Å². The van der Waals surface area contributed by atoms with Gasteiger partial charge in [-0.1, -0.05) is 0 Å². The third kappa shape index (κ3) is 47.4. The second-order valence-corrected chi connectivity index (χ2v) is 0. The van der Waals surface area contributed by atoms with E-state index in [-0.39, 0.29) is 73.4 Å². The number of hydrogen-bond acceptors (Lipinski definition) is 0. The van der Waals surface area contributed by atoms with Crippen LogP contribution in [0.4, 0.5) is 0 Å². The van der Waals surface area contributed by atoms with E-state index in [4.69, 9.17) is 0 Å². The summed E-state index contributed by atoms with van der Waals surface area (Å²) in [5, 5.41) is 0. The molecule has 0 aromatic heterocycles. The van der Waals surface area contributed by atoms with E-state index in [1.165, 1.54) is 0 Å². The van der Waals surface area contributed by atoms with Gasteiger partial charge in [-0.25, -0.2) is 0 Å². The zero-order valence-corrected chi connectivity index (χ0v) is 12.1. The van der Waals surface area contributed by atoms with Crippen LogP contribution in [0, 0.1) is 0 Å². The van der Waals surface area contributed by atoms with Crippen LogP contribution in [0.1, 0.15) is 0 Å². The van der Waals surface area contributed by atoms with Gasteiger partial charge in [-0.15, -0.1) is 0 Å². The van der Waals surface area contributed by atoms with Crippen LogP contribution >= 0.6 is 0 Å². The molecule has 0 nitrogen and oxygen atoms in total. The molecule has 2 radical (unpaired) electrons. The van der Waals surface area contributed by atoms with Gasteiger partial charge < -0.3 is 18.8 Å². The predicted octanol–water partition coefficient (Wildman–Crippen LogP) is -13.3. The molecule has 0 aliphatic rings. The van der Waals surface area contributed by atoms with Gasteiger partial charge in [0.1, 0.15) is 0 Å². The molecule has 0 saturated carbocycles. The number of hydrogen-bond donors (Lipinski definition) is 0. The fraction of sp³-hybridized carbons (Fsp3) is 0. The van der Waals surface area contributed by atoms with E-state index >= 15 is 0 Å². The average Bonchev–Trinajstić information content (AvgIpc) is 0. The van der Waals surface area contributed by atoms with Crippen molar-refractivity contribution in [3.05, 3.63) is 0 Å². The molecule has 0 bridgehead atoms. The number of halogens is 4. The van der Waals surface area contributed by atoms with Gasteiger partial charge >= 0.3 is 54.6 Å². The fourth-order valence-corrected chi connectivity index (χ4v) is 0. The SMILES string of the molecule is [F-].[F-].[F-].[F-].[Pb+4].[PbH2]. The van der Waals surface area contributed by atoms with Crippen LogP contribution in [0.5, 0.6) is 0 Å². The average molecular weight is 492 g/mol. The molecular formula is H2F4Pb2. The molecule has 0 aliphatic carbocycles. The summed E-state index contributed by atoms with van der Waals surface area (Å²) in [7, 11) is 0. The molecule has 0 heterocycles. The minimum absolute atomic E-state index is 0. The molecule has 0 rings (SSSR count). The van der Waals surface area contributed by atoms with E-state index in [0.717, 1.165) is 0 Å². The molecular weight excluding hydrogens is 490 g/mol. The quantitative estimate of drug-likeness (QED) is 0.233. The standard InChI is InChI=1S/4FH.2Pb.2H/h4*1H;;;;/q;;;;;+4;;/p-4. The first-order valence-corrected chi connectivity index (χ1v) is 0. The molecule has 0 aromatic carbocycles. The Labute approximate surface area is 72.8 Å². The minimum atomic E-state index is 0. The molecule has 38 valence electrons. The van der Waals surface area contributed by atoms with Crippen molar-refractivity contribution in [1.29, 1.82) is 0 Å². The van der Waals surface area contributed by atoms with Crippen molar-refractivity contribution >= 4 is 54.6 Å². The van der Waals surface area contributed by atoms with Crippen LogP contribution in [0.2, 0.25) is 0 Å². The van der Waals surface area contributed by atoms with E-state index in [2.05, 4.69) is 0 Å². The van der Waals surface area contributed by atoms with Gasteiger partial charge in [0.25, 0.3) is 0 Å².